The van der Waals surface area contributed by atoms with Crippen molar-refractivity contribution >= 4 is 39.8 Å². The highest BCUT2D eigenvalue weighted by atomic mass is 32.2. The Balaban J connectivity index is 1.61. The molecule has 2 saturated carbocycles. The maximum Gasteiger partial charge on any atom is 0.408 e. The Hall–Kier alpha value is -3.16. The second kappa shape index (κ2) is 12.2. The molecule has 0 unspecified atom stereocenters. The van der Waals surface area contributed by atoms with E-state index in [1.165, 1.54) is 11.8 Å². The van der Waals surface area contributed by atoms with Gasteiger partial charge in [0.1, 0.15) is 29.3 Å². The second-order valence-corrected chi connectivity index (χ2v) is 14.6. The average molecular weight is 611 g/mol. The van der Waals surface area contributed by atoms with E-state index in [4.69, 9.17) is 9.47 Å². The lowest BCUT2D eigenvalue weighted by Gasteiger charge is -2.30. The predicted molar refractivity (Wildman–Crippen MR) is 150 cm³/mol. The van der Waals surface area contributed by atoms with Gasteiger partial charge in [-0.2, -0.15) is 0 Å². The quantitative estimate of drug-likeness (QED) is 0.307. The van der Waals surface area contributed by atoms with Gasteiger partial charge in [-0.15, -0.1) is 0 Å². The molecule has 14 heteroatoms. The Labute approximate surface area is 246 Å². The summed E-state index contributed by atoms with van der Waals surface area (Å²) in [7, 11) is -3.86. The van der Waals surface area contributed by atoms with E-state index in [1.807, 2.05) is 12.2 Å². The first-order valence-corrected chi connectivity index (χ1v) is 16.2. The van der Waals surface area contributed by atoms with Crippen LogP contribution in [0.15, 0.2) is 12.2 Å². The number of hydrogen-bond acceptors (Lipinski definition) is 9. The molecule has 13 nitrogen and oxygen atoms in total. The van der Waals surface area contributed by atoms with Crippen LogP contribution in [-0.2, 0) is 38.7 Å². The number of hydrogen-bond donors (Lipinski definition) is 3. The smallest absolute Gasteiger partial charge is 0.408 e. The van der Waals surface area contributed by atoms with Crippen LogP contribution in [0.25, 0.3) is 0 Å². The average Bonchev–Trinajstić information content (AvgIpc) is 3.78. The molecule has 1 saturated heterocycles. The molecular weight excluding hydrogens is 568 g/mol. The number of ether oxygens (including phenoxy) is 2. The molecule has 0 bridgehead atoms. The van der Waals surface area contributed by atoms with Crippen molar-refractivity contribution in [2.24, 2.45) is 5.92 Å². The number of amides is 4. The SMILES string of the molecule is CC(=O)O[C@@H]1C[C@H]2C(=O)N[C@]3(C(=O)NS(=O)(=O)C4CC4)C[C@H]3C=CCCCCC[C@@H](NC(=O)OC(C)(C)C)C(=O)N2C1. The molecule has 0 spiro atoms. The van der Waals surface area contributed by atoms with Crippen LogP contribution in [-0.4, -0.2) is 84.2 Å². The molecule has 234 valence electrons. The zero-order valence-electron chi connectivity index (χ0n) is 24.6. The minimum absolute atomic E-state index is 0.0190. The number of carbonyl (C=O) groups excluding carboxylic acids is 5. The monoisotopic (exact) mass is 610 g/mol. The molecule has 0 aromatic heterocycles. The standard InChI is InChI=1S/C28H42N4O9S/c1-17(33)40-19-14-22-23(34)30-28(25(36)31-42(38,39)20-12-13-20)15-18(28)10-8-6-5-7-9-11-21(24(35)32(22)16-19)29-26(37)41-27(2,3)4/h8,10,18-22H,5-7,9,11-16H2,1-4H3,(H,29,37)(H,30,34)(H,31,36)/t18-,19-,21-,22+,28-/m1/s1. The summed E-state index contributed by atoms with van der Waals surface area (Å²) in [4.78, 5) is 66.6. The number of fused-ring (bicyclic) bond motifs is 2. The Bertz CT molecular complexity index is 1240. The van der Waals surface area contributed by atoms with Gasteiger partial charge < -0.3 is 25.0 Å². The zero-order valence-corrected chi connectivity index (χ0v) is 25.5. The number of sulfonamides is 1. The lowest BCUT2D eigenvalue weighted by atomic mass is 10.0. The summed E-state index contributed by atoms with van der Waals surface area (Å²) in [6, 6.07) is -2.12. The van der Waals surface area contributed by atoms with Crippen LogP contribution in [0.1, 0.15) is 85.5 Å². The van der Waals surface area contributed by atoms with Crippen molar-refractivity contribution < 1.29 is 41.9 Å². The summed E-state index contributed by atoms with van der Waals surface area (Å²) in [5, 5.41) is 4.79. The predicted octanol–water partition coefficient (Wildman–Crippen LogP) is 1.42. The van der Waals surface area contributed by atoms with E-state index in [-0.39, 0.29) is 19.4 Å². The largest absolute Gasteiger partial charge is 0.461 e. The second-order valence-electron chi connectivity index (χ2n) is 12.7. The van der Waals surface area contributed by atoms with Crippen molar-refractivity contribution in [2.75, 3.05) is 6.54 Å². The molecule has 2 heterocycles. The van der Waals surface area contributed by atoms with Gasteiger partial charge in [0.15, 0.2) is 0 Å². The van der Waals surface area contributed by atoms with Gasteiger partial charge in [0.25, 0.3) is 5.91 Å². The number of rotatable bonds is 5. The van der Waals surface area contributed by atoms with Gasteiger partial charge in [0.05, 0.1) is 11.8 Å². The maximum atomic E-state index is 13.9. The highest BCUT2D eigenvalue weighted by Gasteiger charge is 2.62. The number of carbonyl (C=O) groups is 5. The highest BCUT2D eigenvalue weighted by Crippen LogP contribution is 2.46. The van der Waals surface area contributed by atoms with E-state index < -0.39 is 80.3 Å². The summed E-state index contributed by atoms with van der Waals surface area (Å²) in [5.74, 6) is -3.01. The number of nitrogens with zero attached hydrogens (tertiary/aromatic N) is 1. The first-order chi connectivity index (χ1) is 19.6. The van der Waals surface area contributed by atoms with Crippen LogP contribution in [0, 0.1) is 5.92 Å². The fraction of sp³-hybridized carbons (Fsp3) is 0.750. The fourth-order valence-corrected chi connectivity index (χ4v) is 6.90. The minimum Gasteiger partial charge on any atom is -0.461 e. The van der Waals surface area contributed by atoms with Gasteiger partial charge >= 0.3 is 12.1 Å². The Morgan fingerprint density at radius 2 is 1.81 bits per heavy atom. The molecule has 0 aromatic carbocycles. The molecule has 0 radical (unpaired) electrons. The van der Waals surface area contributed by atoms with E-state index in [1.54, 1.807) is 20.8 Å². The van der Waals surface area contributed by atoms with Gasteiger partial charge in [0.2, 0.25) is 21.8 Å². The summed E-state index contributed by atoms with van der Waals surface area (Å²) in [5.41, 5.74) is -2.28. The van der Waals surface area contributed by atoms with E-state index in [0.29, 0.717) is 32.1 Å². The number of allylic oxidation sites excluding steroid dienone is 1. The van der Waals surface area contributed by atoms with Crippen LogP contribution >= 0.6 is 0 Å². The van der Waals surface area contributed by atoms with Crippen molar-refractivity contribution in [1.82, 2.24) is 20.3 Å². The van der Waals surface area contributed by atoms with Crippen molar-refractivity contribution in [3.8, 4) is 0 Å². The van der Waals surface area contributed by atoms with Crippen LogP contribution in [0.3, 0.4) is 0 Å². The third-order valence-electron chi connectivity index (χ3n) is 7.87. The normalized spacial score (nSPS) is 30.5. The first-order valence-electron chi connectivity index (χ1n) is 14.6. The van der Waals surface area contributed by atoms with Crippen molar-refractivity contribution in [1.29, 1.82) is 0 Å². The Morgan fingerprint density at radius 3 is 2.45 bits per heavy atom. The van der Waals surface area contributed by atoms with E-state index in [9.17, 15) is 32.4 Å². The molecule has 42 heavy (non-hydrogen) atoms. The summed E-state index contributed by atoms with van der Waals surface area (Å²) >= 11 is 0. The van der Waals surface area contributed by atoms with Crippen LogP contribution < -0.4 is 15.4 Å². The van der Waals surface area contributed by atoms with Gasteiger partial charge in [-0.05, 0) is 59.3 Å². The topological polar surface area (TPSA) is 177 Å². The summed E-state index contributed by atoms with van der Waals surface area (Å²) in [6.45, 7) is 6.26. The molecule has 4 rings (SSSR count). The Kier molecular flexibility index (Phi) is 9.24. The fourth-order valence-electron chi connectivity index (χ4n) is 5.53. The summed E-state index contributed by atoms with van der Waals surface area (Å²) < 4.78 is 38.0. The number of nitrogens with one attached hydrogen (secondary N) is 3. The van der Waals surface area contributed by atoms with Crippen molar-refractivity contribution in [3.63, 3.8) is 0 Å². The van der Waals surface area contributed by atoms with Gasteiger partial charge in [-0.25, -0.2) is 13.2 Å². The van der Waals surface area contributed by atoms with Gasteiger partial charge in [-0.1, -0.05) is 25.0 Å². The molecule has 3 N–H and O–H groups in total. The molecule has 2 aliphatic carbocycles. The Morgan fingerprint density at radius 1 is 1.10 bits per heavy atom. The van der Waals surface area contributed by atoms with Crippen LogP contribution in [0.2, 0.25) is 0 Å². The van der Waals surface area contributed by atoms with Gasteiger partial charge in [-0.3, -0.25) is 23.9 Å². The lowest BCUT2D eigenvalue weighted by molar-refractivity contribution is -0.146. The maximum absolute atomic E-state index is 13.9. The zero-order chi connectivity index (χ0) is 30.9. The van der Waals surface area contributed by atoms with E-state index in [0.717, 1.165) is 12.8 Å². The van der Waals surface area contributed by atoms with Crippen molar-refractivity contribution in [3.05, 3.63) is 12.2 Å². The number of esters is 1. The minimum atomic E-state index is -3.86. The molecule has 4 aliphatic rings. The molecule has 4 amide bonds. The molecule has 0 aromatic rings. The van der Waals surface area contributed by atoms with Gasteiger partial charge in [0, 0.05) is 19.3 Å². The molecule has 3 fully saturated rings. The lowest BCUT2D eigenvalue weighted by Crippen LogP contribution is -2.58. The molecule has 2 aliphatic heterocycles. The van der Waals surface area contributed by atoms with Crippen molar-refractivity contribution in [2.45, 2.75) is 120 Å². The third-order valence-corrected chi connectivity index (χ3v) is 9.69. The van der Waals surface area contributed by atoms with Crippen LogP contribution in [0.4, 0.5) is 4.79 Å². The highest BCUT2D eigenvalue weighted by molar-refractivity contribution is 7.91. The van der Waals surface area contributed by atoms with E-state index >= 15 is 0 Å². The molecular formula is C28H42N4O9S. The van der Waals surface area contributed by atoms with Crippen LogP contribution in [0.5, 0.6) is 0 Å². The molecule has 5 atom stereocenters. The first kappa shape index (κ1) is 31.8. The van der Waals surface area contributed by atoms with E-state index in [2.05, 4.69) is 15.4 Å². The number of alkyl carbamates (subject to hydrolysis) is 1. The summed E-state index contributed by atoms with van der Waals surface area (Å²) in [6.07, 6.45) is 6.50. The third kappa shape index (κ3) is 7.81.